The zero-order valence-corrected chi connectivity index (χ0v) is 14.2. The number of nitrogens with zero attached hydrogens (tertiary/aromatic N) is 2. The topological polar surface area (TPSA) is 36.4 Å². The maximum Gasteiger partial charge on any atom is 0.104 e. The van der Waals surface area contributed by atoms with Crippen LogP contribution in [0.2, 0.25) is 0 Å². The monoisotopic (exact) mass is 314 g/mol. The van der Waals surface area contributed by atoms with Crippen molar-refractivity contribution in [3.8, 4) is 11.8 Å². The summed E-state index contributed by atoms with van der Waals surface area (Å²) in [6, 6.07) is 6.70. The summed E-state index contributed by atoms with van der Waals surface area (Å²) in [6.45, 7) is 5.13. The molecule has 2 rings (SSSR count). The van der Waals surface area contributed by atoms with Crippen molar-refractivity contribution in [2.24, 2.45) is 0 Å². The van der Waals surface area contributed by atoms with Crippen LogP contribution in [-0.2, 0) is 13.0 Å². The van der Waals surface area contributed by atoms with Crippen LogP contribution in [-0.4, -0.2) is 34.7 Å². The van der Waals surface area contributed by atoms with Gasteiger partial charge in [0.2, 0.25) is 0 Å². The van der Waals surface area contributed by atoms with Gasteiger partial charge in [0.05, 0.1) is 0 Å². The van der Waals surface area contributed by atoms with Gasteiger partial charge in [0, 0.05) is 46.7 Å². The summed E-state index contributed by atoms with van der Waals surface area (Å²) in [5.74, 6) is 5.63. The fourth-order valence-corrected chi connectivity index (χ4v) is 3.12. The van der Waals surface area contributed by atoms with Crippen LogP contribution in [0.3, 0.4) is 0 Å². The number of hydrogen-bond donors (Lipinski definition) is 1. The summed E-state index contributed by atoms with van der Waals surface area (Å²) in [4.78, 5) is 8.06. The molecular formula is C18H22N2OS. The van der Waals surface area contributed by atoms with Crippen LogP contribution in [0.25, 0.3) is 0 Å². The number of aliphatic hydroxyl groups excluding tert-OH is 1. The number of thiophene rings is 1. The molecular weight excluding hydrogens is 292 g/mol. The molecule has 1 atom stereocenters. The summed E-state index contributed by atoms with van der Waals surface area (Å²) in [7, 11) is 2.14. The molecule has 1 unspecified atom stereocenters. The lowest BCUT2D eigenvalue weighted by atomic mass is 10.1. The highest BCUT2D eigenvalue weighted by atomic mass is 32.1. The van der Waals surface area contributed by atoms with Crippen molar-refractivity contribution in [2.75, 3.05) is 13.7 Å². The smallest absolute Gasteiger partial charge is 0.104 e. The van der Waals surface area contributed by atoms with E-state index in [1.165, 1.54) is 10.4 Å². The minimum absolute atomic E-state index is 0.0917. The second kappa shape index (κ2) is 8.09. The molecule has 1 N–H and O–H groups in total. The molecule has 0 aromatic carbocycles. The van der Waals surface area contributed by atoms with Crippen LogP contribution in [0.15, 0.2) is 29.8 Å². The van der Waals surface area contributed by atoms with Gasteiger partial charge in [-0.05, 0) is 44.7 Å². The summed E-state index contributed by atoms with van der Waals surface area (Å²) in [5, 5.41) is 10.8. The molecule has 2 aromatic rings. The van der Waals surface area contributed by atoms with Crippen LogP contribution < -0.4 is 0 Å². The molecule has 2 aromatic heterocycles. The van der Waals surface area contributed by atoms with E-state index >= 15 is 0 Å². The highest BCUT2D eigenvalue weighted by Gasteiger charge is 2.12. The molecule has 0 aliphatic rings. The maximum absolute atomic E-state index is 8.73. The molecule has 3 nitrogen and oxygen atoms in total. The van der Waals surface area contributed by atoms with Gasteiger partial charge in [-0.25, -0.2) is 0 Å². The predicted molar refractivity (Wildman–Crippen MR) is 91.9 cm³/mol. The van der Waals surface area contributed by atoms with Crippen molar-refractivity contribution in [1.82, 2.24) is 9.88 Å². The molecule has 0 bridgehead atoms. The molecule has 0 radical (unpaired) electrons. The van der Waals surface area contributed by atoms with Crippen LogP contribution in [0.1, 0.15) is 28.6 Å². The van der Waals surface area contributed by atoms with Crippen molar-refractivity contribution < 1.29 is 5.11 Å². The summed E-state index contributed by atoms with van der Waals surface area (Å²) in [5.41, 5.74) is 3.38. The summed E-state index contributed by atoms with van der Waals surface area (Å²) in [6.07, 6.45) is 2.82. The van der Waals surface area contributed by atoms with E-state index < -0.39 is 0 Å². The second-order valence-electron chi connectivity index (χ2n) is 5.55. The van der Waals surface area contributed by atoms with Crippen molar-refractivity contribution in [3.05, 3.63) is 51.5 Å². The second-order valence-corrected chi connectivity index (χ2v) is 6.55. The lowest BCUT2D eigenvalue weighted by Crippen LogP contribution is -2.30. The van der Waals surface area contributed by atoms with Gasteiger partial charge < -0.3 is 5.11 Å². The molecule has 2 heterocycles. The number of likely N-dealkylation sites (N-methyl/N-ethyl adjacent to an activating group) is 1. The molecule has 0 spiro atoms. The van der Waals surface area contributed by atoms with E-state index in [1.807, 2.05) is 17.6 Å². The molecule has 0 saturated heterocycles. The standard InChI is InChI=1S/C18H22N2OS/c1-14-6-7-19-17(9-14)10-15(2)20(3)12-18-11-16(13-22-18)5-4-8-21/h6-7,9,11,13,15,21H,8,10,12H2,1-3H3. The van der Waals surface area contributed by atoms with Crippen LogP contribution >= 0.6 is 11.3 Å². The predicted octanol–water partition coefficient (Wildman–Crippen LogP) is 2.86. The summed E-state index contributed by atoms with van der Waals surface area (Å²) < 4.78 is 0. The first kappa shape index (κ1) is 16.7. The third kappa shape index (κ3) is 4.96. The largest absolute Gasteiger partial charge is 0.384 e. The van der Waals surface area contributed by atoms with E-state index in [9.17, 15) is 0 Å². The number of hydrogen-bond acceptors (Lipinski definition) is 4. The third-order valence-electron chi connectivity index (χ3n) is 3.60. The molecule has 0 aliphatic carbocycles. The quantitative estimate of drug-likeness (QED) is 0.862. The third-order valence-corrected chi connectivity index (χ3v) is 4.52. The first-order chi connectivity index (χ1) is 10.6. The van der Waals surface area contributed by atoms with E-state index in [-0.39, 0.29) is 6.61 Å². The van der Waals surface area contributed by atoms with E-state index in [4.69, 9.17) is 5.11 Å². The minimum Gasteiger partial charge on any atom is -0.384 e. The molecule has 0 aliphatic heterocycles. The minimum atomic E-state index is -0.0917. The molecule has 0 fully saturated rings. The van der Waals surface area contributed by atoms with E-state index in [0.717, 1.165) is 24.2 Å². The fourth-order valence-electron chi connectivity index (χ4n) is 2.24. The Morgan fingerprint density at radius 1 is 1.41 bits per heavy atom. The highest BCUT2D eigenvalue weighted by Crippen LogP contribution is 2.17. The van der Waals surface area contributed by atoms with Crippen molar-refractivity contribution >= 4 is 11.3 Å². The van der Waals surface area contributed by atoms with Crippen molar-refractivity contribution in [2.45, 2.75) is 32.9 Å². The van der Waals surface area contributed by atoms with Crippen LogP contribution in [0.4, 0.5) is 0 Å². The average molecular weight is 314 g/mol. The molecule has 22 heavy (non-hydrogen) atoms. The zero-order valence-electron chi connectivity index (χ0n) is 13.3. The molecule has 0 saturated carbocycles. The van der Waals surface area contributed by atoms with Gasteiger partial charge in [0.25, 0.3) is 0 Å². The van der Waals surface area contributed by atoms with E-state index in [0.29, 0.717) is 6.04 Å². The Bertz CT molecular complexity index is 669. The van der Waals surface area contributed by atoms with Gasteiger partial charge in [0.15, 0.2) is 0 Å². The van der Waals surface area contributed by atoms with Gasteiger partial charge in [-0.15, -0.1) is 11.3 Å². The van der Waals surface area contributed by atoms with E-state index in [2.05, 4.69) is 54.8 Å². The molecule has 4 heteroatoms. The van der Waals surface area contributed by atoms with Gasteiger partial charge >= 0.3 is 0 Å². The van der Waals surface area contributed by atoms with Gasteiger partial charge in [-0.3, -0.25) is 9.88 Å². The Labute approximate surface area is 136 Å². The van der Waals surface area contributed by atoms with Gasteiger partial charge in [-0.1, -0.05) is 11.8 Å². The fraction of sp³-hybridized carbons (Fsp3) is 0.389. The number of aryl methyl sites for hydroxylation is 1. The molecule has 0 amide bonds. The van der Waals surface area contributed by atoms with Crippen LogP contribution in [0.5, 0.6) is 0 Å². The Morgan fingerprint density at radius 3 is 2.95 bits per heavy atom. The number of pyridine rings is 1. The summed E-state index contributed by atoms with van der Waals surface area (Å²) >= 11 is 1.71. The first-order valence-corrected chi connectivity index (χ1v) is 8.25. The lowest BCUT2D eigenvalue weighted by Gasteiger charge is -2.23. The maximum atomic E-state index is 8.73. The number of rotatable bonds is 5. The SMILES string of the molecule is Cc1ccnc(CC(C)N(C)Cc2cc(C#CCO)cs2)c1. The average Bonchev–Trinajstić information content (AvgIpc) is 2.92. The Kier molecular flexibility index (Phi) is 6.14. The Morgan fingerprint density at radius 2 is 2.23 bits per heavy atom. The van der Waals surface area contributed by atoms with Crippen molar-refractivity contribution in [1.29, 1.82) is 0 Å². The normalized spacial score (nSPS) is 12.0. The first-order valence-electron chi connectivity index (χ1n) is 7.37. The van der Waals surface area contributed by atoms with Gasteiger partial charge in [0.1, 0.15) is 6.61 Å². The number of aliphatic hydroxyl groups is 1. The van der Waals surface area contributed by atoms with Crippen molar-refractivity contribution in [3.63, 3.8) is 0 Å². The van der Waals surface area contributed by atoms with Gasteiger partial charge in [-0.2, -0.15) is 0 Å². The number of aromatic nitrogens is 1. The van der Waals surface area contributed by atoms with E-state index in [1.54, 1.807) is 11.3 Å². The lowest BCUT2D eigenvalue weighted by molar-refractivity contribution is 0.249. The Hall–Kier alpha value is -1.67. The Balaban J connectivity index is 1.93. The molecule has 116 valence electrons. The zero-order chi connectivity index (χ0) is 15.9. The highest BCUT2D eigenvalue weighted by molar-refractivity contribution is 7.10. The van der Waals surface area contributed by atoms with Crippen LogP contribution in [0, 0.1) is 18.8 Å².